The van der Waals surface area contributed by atoms with E-state index in [9.17, 15) is 0 Å². The van der Waals surface area contributed by atoms with Gasteiger partial charge in [0.1, 0.15) is 5.82 Å². The molecule has 2 aromatic rings. The first kappa shape index (κ1) is 15.8. The topological polar surface area (TPSA) is 96.8 Å². The largest absolute Gasteiger partial charge is 0.353 e. The SMILES string of the molecule is CC(CC#N)N1C2CC[C@H]1CN(c1ccnc(Nc3cn[nH]c3)n1)C2. The molecular formula is C17H22N8. The number of piperazine rings is 1. The summed E-state index contributed by atoms with van der Waals surface area (Å²) in [7, 11) is 0. The first-order valence-electron chi connectivity index (χ1n) is 8.73. The molecule has 2 aliphatic heterocycles. The molecule has 4 heterocycles. The van der Waals surface area contributed by atoms with E-state index in [0.29, 0.717) is 30.5 Å². The number of H-pyrrole nitrogens is 1. The highest BCUT2D eigenvalue weighted by Gasteiger charge is 2.42. The van der Waals surface area contributed by atoms with Crippen molar-refractivity contribution in [2.75, 3.05) is 23.3 Å². The molecule has 0 aliphatic carbocycles. The number of rotatable bonds is 5. The van der Waals surface area contributed by atoms with Gasteiger partial charge in [-0.3, -0.25) is 10.00 Å². The summed E-state index contributed by atoms with van der Waals surface area (Å²) >= 11 is 0. The van der Waals surface area contributed by atoms with E-state index in [-0.39, 0.29) is 0 Å². The van der Waals surface area contributed by atoms with Gasteiger partial charge in [0.25, 0.3) is 0 Å². The maximum atomic E-state index is 9.01. The molecule has 2 N–H and O–H groups in total. The standard InChI is InChI=1S/C17H22N8/c1-12(4-6-18)25-14-2-3-15(25)11-24(10-14)16-5-7-19-17(23-16)22-13-8-20-21-9-13/h5,7-9,12,14-15H,2-4,10-11H2,1H3,(H,20,21)(H,19,22,23)/t12?,14-,15?/m0/s1. The van der Waals surface area contributed by atoms with E-state index in [2.05, 4.69) is 48.3 Å². The fraction of sp³-hybridized carbons (Fsp3) is 0.529. The average Bonchev–Trinajstić information content (AvgIpc) is 3.21. The van der Waals surface area contributed by atoms with E-state index >= 15 is 0 Å². The second kappa shape index (κ2) is 6.69. The lowest BCUT2D eigenvalue weighted by Gasteiger charge is -2.44. The Kier molecular flexibility index (Phi) is 4.24. The Hall–Kier alpha value is -2.66. The maximum Gasteiger partial charge on any atom is 0.229 e. The molecule has 8 heteroatoms. The molecule has 2 aromatic heterocycles. The van der Waals surface area contributed by atoms with Crippen LogP contribution in [0.15, 0.2) is 24.7 Å². The van der Waals surface area contributed by atoms with Gasteiger partial charge in [-0.25, -0.2) is 4.98 Å². The van der Waals surface area contributed by atoms with Crippen molar-refractivity contribution >= 4 is 17.5 Å². The van der Waals surface area contributed by atoms with E-state index in [1.54, 1.807) is 18.6 Å². The summed E-state index contributed by atoms with van der Waals surface area (Å²) in [4.78, 5) is 13.9. The van der Waals surface area contributed by atoms with Crippen LogP contribution in [0.2, 0.25) is 0 Å². The number of nitrogens with one attached hydrogen (secondary N) is 2. The third-order valence-corrected chi connectivity index (χ3v) is 5.15. The summed E-state index contributed by atoms with van der Waals surface area (Å²) in [6.45, 7) is 4.07. The van der Waals surface area contributed by atoms with Gasteiger partial charge >= 0.3 is 0 Å². The predicted molar refractivity (Wildman–Crippen MR) is 94.5 cm³/mol. The molecule has 2 aliphatic rings. The van der Waals surface area contributed by atoms with Crippen LogP contribution in [0.25, 0.3) is 0 Å². The molecule has 2 saturated heterocycles. The summed E-state index contributed by atoms with van der Waals surface area (Å²) in [5.41, 5.74) is 0.840. The van der Waals surface area contributed by atoms with Crippen molar-refractivity contribution in [2.24, 2.45) is 0 Å². The zero-order valence-electron chi connectivity index (χ0n) is 14.3. The number of hydrogen-bond donors (Lipinski definition) is 2. The third-order valence-electron chi connectivity index (χ3n) is 5.15. The molecule has 0 spiro atoms. The fourth-order valence-corrected chi connectivity index (χ4v) is 4.11. The van der Waals surface area contributed by atoms with Crippen LogP contribution >= 0.6 is 0 Å². The van der Waals surface area contributed by atoms with E-state index in [1.807, 2.05) is 6.07 Å². The minimum Gasteiger partial charge on any atom is -0.353 e. The molecule has 0 saturated carbocycles. The molecule has 2 unspecified atom stereocenters. The Morgan fingerprint density at radius 1 is 1.40 bits per heavy atom. The van der Waals surface area contributed by atoms with Crippen LogP contribution in [0.4, 0.5) is 17.5 Å². The third kappa shape index (κ3) is 3.15. The first-order valence-corrected chi connectivity index (χ1v) is 8.73. The highest BCUT2D eigenvalue weighted by atomic mass is 15.4. The Labute approximate surface area is 146 Å². The van der Waals surface area contributed by atoms with Crippen molar-refractivity contribution in [3.8, 4) is 6.07 Å². The molecule has 0 amide bonds. The lowest BCUT2D eigenvalue weighted by atomic mass is 10.1. The monoisotopic (exact) mass is 338 g/mol. The Balaban J connectivity index is 1.48. The number of fused-ring (bicyclic) bond motifs is 2. The van der Waals surface area contributed by atoms with Gasteiger partial charge in [0.2, 0.25) is 5.95 Å². The molecule has 4 rings (SSSR count). The Morgan fingerprint density at radius 3 is 2.88 bits per heavy atom. The summed E-state index contributed by atoms with van der Waals surface area (Å²) in [6, 6.07) is 5.61. The van der Waals surface area contributed by atoms with Crippen LogP contribution in [-0.2, 0) is 0 Å². The predicted octanol–water partition coefficient (Wildman–Crippen LogP) is 1.90. The second-order valence-corrected chi connectivity index (χ2v) is 6.80. The number of anilines is 3. The van der Waals surface area contributed by atoms with Crippen LogP contribution < -0.4 is 10.2 Å². The molecule has 3 atom stereocenters. The molecule has 8 nitrogen and oxygen atoms in total. The Bertz CT molecular complexity index is 738. The number of aromatic amines is 1. The maximum absolute atomic E-state index is 9.01. The second-order valence-electron chi connectivity index (χ2n) is 6.80. The molecule has 25 heavy (non-hydrogen) atoms. The minimum atomic E-state index is 0.327. The van der Waals surface area contributed by atoms with Gasteiger partial charge in [0, 0.05) is 43.6 Å². The molecule has 2 bridgehead atoms. The average molecular weight is 338 g/mol. The van der Waals surface area contributed by atoms with Gasteiger partial charge in [0.05, 0.1) is 24.4 Å². The van der Waals surface area contributed by atoms with E-state index in [0.717, 1.165) is 24.6 Å². The Morgan fingerprint density at radius 2 is 2.20 bits per heavy atom. The van der Waals surface area contributed by atoms with Crippen molar-refractivity contribution in [3.05, 3.63) is 24.7 Å². The molecule has 0 radical (unpaired) electrons. The normalized spacial score (nSPS) is 24.1. The quantitative estimate of drug-likeness (QED) is 0.859. The zero-order valence-corrected chi connectivity index (χ0v) is 14.3. The number of nitrogens with zero attached hydrogens (tertiary/aromatic N) is 6. The van der Waals surface area contributed by atoms with Gasteiger partial charge in [-0.05, 0) is 25.8 Å². The van der Waals surface area contributed by atoms with Gasteiger partial charge in [-0.1, -0.05) is 0 Å². The minimum absolute atomic E-state index is 0.327. The van der Waals surface area contributed by atoms with Crippen LogP contribution in [0.5, 0.6) is 0 Å². The van der Waals surface area contributed by atoms with E-state index < -0.39 is 0 Å². The van der Waals surface area contributed by atoms with Gasteiger partial charge < -0.3 is 10.2 Å². The highest BCUT2D eigenvalue weighted by Crippen LogP contribution is 2.34. The summed E-state index contributed by atoms with van der Waals surface area (Å²) in [5, 5.41) is 18.8. The number of hydrogen-bond acceptors (Lipinski definition) is 7. The van der Waals surface area contributed by atoms with E-state index in [1.165, 1.54) is 12.8 Å². The number of aromatic nitrogens is 4. The van der Waals surface area contributed by atoms with Gasteiger partial charge in [-0.15, -0.1) is 0 Å². The summed E-state index contributed by atoms with van der Waals surface area (Å²) in [6.07, 6.45) is 8.25. The fourth-order valence-electron chi connectivity index (χ4n) is 4.11. The van der Waals surface area contributed by atoms with Gasteiger partial charge in [-0.2, -0.15) is 15.3 Å². The lowest BCUT2D eigenvalue weighted by molar-refractivity contribution is 0.121. The molecule has 130 valence electrons. The van der Waals surface area contributed by atoms with Crippen molar-refractivity contribution in [1.29, 1.82) is 5.26 Å². The first-order chi connectivity index (χ1) is 12.2. The van der Waals surface area contributed by atoms with Crippen molar-refractivity contribution in [2.45, 2.75) is 44.3 Å². The van der Waals surface area contributed by atoms with Crippen LogP contribution in [0.1, 0.15) is 26.2 Å². The van der Waals surface area contributed by atoms with Gasteiger partial charge in [0.15, 0.2) is 0 Å². The van der Waals surface area contributed by atoms with Crippen molar-refractivity contribution in [1.82, 2.24) is 25.1 Å². The zero-order chi connectivity index (χ0) is 17.2. The molecule has 2 fully saturated rings. The smallest absolute Gasteiger partial charge is 0.229 e. The number of nitriles is 1. The van der Waals surface area contributed by atoms with E-state index in [4.69, 9.17) is 5.26 Å². The van der Waals surface area contributed by atoms with Crippen LogP contribution in [0, 0.1) is 11.3 Å². The summed E-state index contributed by atoms with van der Waals surface area (Å²) in [5.74, 6) is 1.53. The van der Waals surface area contributed by atoms with Crippen LogP contribution in [-0.4, -0.2) is 56.3 Å². The summed E-state index contributed by atoms with van der Waals surface area (Å²) < 4.78 is 0. The molecular weight excluding hydrogens is 316 g/mol. The van der Waals surface area contributed by atoms with Crippen molar-refractivity contribution < 1.29 is 0 Å². The van der Waals surface area contributed by atoms with Crippen LogP contribution in [0.3, 0.4) is 0 Å². The molecule has 0 aromatic carbocycles. The van der Waals surface area contributed by atoms with Crippen molar-refractivity contribution in [3.63, 3.8) is 0 Å². The highest BCUT2D eigenvalue weighted by molar-refractivity contribution is 5.53. The lowest BCUT2D eigenvalue weighted by Crippen LogP contribution is -2.56.